The summed E-state index contributed by atoms with van der Waals surface area (Å²) in [5.74, 6) is -0.127. The summed E-state index contributed by atoms with van der Waals surface area (Å²) in [6.07, 6.45) is 1.75. The molecule has 0 bridgehead atoms. The number of para-hydroxylation sites is 1. The van der Waals surface area contributed by atoms with Gasteiger partial charge in [-0.15, -0.1) is 0 Å². The minimum Gasteiger partial charge on any atom is -0.427 e. The van der Waals surface area contributed by atoms with Crippen molar-refractivity contribution in [2.45, 2.75) is 13.8 Å². The van der Waals surface area contributed by atoms with Crippen LogP contribution in [-0.2, 0) is 9.59 Å². The molecule has 0 aromatic heterocycles. The van der Waals surface area contributed by atoms with Gasteiger partial charge in [-0.2, -0.15) is 10.1 Å². The molecule has 0 unspecified atom stereocenters. The summed E-state index contributed by atoms with van der Waals surface area (Å²) in [5, 5.41) is 5.72. The van der Waals surface area contributed by atoms with Gasteiger partial charge in [0.05, 0.1) is 17.0 Å². The van der Waals surface area contributed by atoms with Gasteiger partial charge in [0.2, 0.25) is 0 Å². The van der Waals surface area contributed by atoms with Crippen molar-refractivity contribution in [1.29, 1.82) is 0 Å². The Morgan fingerprint density at radius 3 is 2.58 bits per heavy atom. The van der Waals surface area contributed by atoms with E-state index in [2.05, 4.69) is 5.10 Å². The molecule has 1 aliphatic rings. The number of nitrogens with zero attached hydrogens (tertiary/aromatic N) is 2. The maximum absolute atomic E-state index is 12.6. The first-order chi connectivity index (χ1) is 11.5. The van der Waals surface area contributed by atoms with Gasteiger partial charge >= 0.3 is 5.97 Å². The second kappa shape index (κ2) is 6.50. The molecule has 5 nitrogen and oxygen atoms in total. The standard InChI is InChI=1S/C19H16N2O3/c1-13-18(12-15-7-6-10-17(11-15)24-14(2)22)19(23)21(20-13)16-8-4-3-5-9-16/h3-12H,1-2H3. The van der Waals surface area contributed by atoms with E-state index in [1.165, 1.54) is 11.9 Å². The number of hydrogen-bond donors (Lipinski definition) is 0. The summed E-state index contributed by atoms with van der Waals surface area (Å²) in [5.41, 5.74) is 2.64. The molecule has 0 atom stereocenters. The van der Waals surface area contributed by atoms with Crippen molar-refractivity contribution < 1.29 is 14.3 Å². The number of ether oxygens (including phenoxy) is 1. The Bertz CT molecular complexity index is 854. The highest BCUT2D eigenvalue weighted by Crippen LogP contribution is 2.25. The first kappa shape index (κ1) is 15.7. The third-order valence-corrected chi connectivity index (χ3v) is 3.49. The quantitative estimate of drug-likeness (QED) is 0.494. The summed E-state index contributed by atoms with van der Waals surface area (Å²) >= 11 is 0. The van der Waals surface area contributed by atoms with E-state index in [1.54, 1.807) is 31.2 Å². The molecule has 0 saturated heterocycles. The molecule has 2 aromatic carbocycles. The van der Waals surface area contributed by atoms with Crippen molar-refractivity contribution in [3.8, 4) is 5.75 Å². The number of carbonyl (C=O) groups excluding carboxylic acids is 2. The lowest BCUT2D eigenvalue weighted by molar-refractivity contribution is -0.131. The van der Waals surface area contributed by atoms with Gasteiger partial charge < -0.3 is 4.74 Å². The van der Waals surface area contributed by atoms with Crippen LogP contribution in [0.25, 0.3) is 6.08 Å². The number of esters is 1. The van der Waals surface area contributed by atoms with Crippen molar-refractivity contribution in [2.75, 3.05) is 5.01 Å². The van der Waals surface area contributed by atoms with Crippen LogP contribution in [0.2, 0.25) is 0 Å². The first-order valence-corrected chi connectivity index (χ1v) is 7.50. The average molecular weight is 320 g/mol. The number of carbonyl (C=O) groups is 2. The zero-order chi connectivity index (χ0) is 17.1. The number of benzene rings is 2. The molecule has 1 aliphatic heterocycles. The van der Waals surface area contributed by atoms with E-state index >= 15 is 0 Å². The number of anilines is 1. The maximum Gasteiger partial charge on any atom is 0.308 e. The second-order valence-corrected chi connectivity index (χ2v) is 5.36. The minimum atomic E-state index is -0.384. The molecule has 24 heavy (non-hydrogen) atoms. The van der Waals surface area contributed by atoms with Crippen LogP contribution in [0, 0.1) is 0 Å². The average Bonchev–Trinajstić information content (AvgIpc) is 2.84. The van der Waals surface area contributed by atoms with Crippen LogP contribution in [0.3, 0.4) is 0 Å². The Morgan fingerprint density at radius 2 is 1.88 bits per heavy atom. The smallest absolute Gasteiger partial charge is 0.308 e. The lowest BCUT2D eigenvalue weighted by atomic mass is 10.1. The minimum absolute atomic E-state index is 0.184. The van der Waals surface area contributed by atoms with E-state index in [-0.39, 0.29) is 11.9 Å². The van der Waals surface area contributed by atoms with Crippen LogP contribution in [0.5, 0.6) is 5.75 Å². The van der Waals surface area contributed by atoms with Crippen LogP contribution in [0.4, 0.5) is 5.69 Å². The highest BCUT2D eigenvalue weighted by molar-refractivity contribution is 6.32. The van der Waals surface area contributed by atoms with Crippen LogP contribution in [-0.4, -0.2) is 17.6 Å². The molecular formula is C19H16N2O3. The van der Waals surface area contributed by atoms with Crippen molar-refractivity contribution >= 4 is 29.4 Å². The predicted molar refractivity (Wildman–Crippen MR) is 92.8 cm³/mol. The van der Waals surface area contributed by atoms with Crippen LogP contribution < -0.4 is 9.75 Å². The van der Waals surface area contributed by atoms with Crippen molar-refractivity contribution in [3.05, 3.63) is 65.7 Å². The molecule has 0 radical (unpaired) electrons. The van der Waals surface area contributed by atoms with Crippen molar-refractivity contribution in [3.63, 3.8) is 0 Å². The predicted octanol–water partition coefficient (Wildman–Crippen LogP) is 3.42. The zero-order valence-electron chi connectivity index (χ0n) is 13.4. The van der Waals surface area contributed by atoms with Gasteiger partial charge in [0.25, 0.3) is 5.91 Å². The molecule has 1 heterocycles. The SMILES string of the molecule is CC(=O)Oc1cccc(C=C2C(=O)N(c3ccccc3)N=C2C)c1. The van der Waals surface area contributed by atoms with Gasteiger partial charge in [-0.1, -0.05) is 30.3 Å². The Kier molecular flexibility index (Phi) is 4.24. The summed E-state index contributed by atoms with van der Waals surface area (Å²) in [6, 6.07) is 16.3. The van der Waals surface area contributed by atoms with Gasteiger partial charge in [-0.05, 0) is 42.8 Å². The molecule has 0 saturated carbocycles. The van der Waals surface area contributed by atoms with E-state index in [4.69, 9.17) is 4.74 Å². The molecular weight excluding hydrogens is 304 g/mol. The molecule has 2 aromatic rings. The monoisotopic (exact) mass is 320 g/mol. The van der Waals surface area contributed by atoms with Crippen LogP contribution >= 0.6 is 0 Å². The molecule has 3 rings (SSSR count). The van der Waals surface area contributed by atoms with E-state index in [9.17, 15) is 9.59 Å². The van der Waals surface area contributed by atoms with Crippen molar-refractivity contribution in [2.24, 2.45) is 5.10 Å². The Labute approximate surface area is 139 Å². The Balaban J connectivity index is 1.90. The number of amides is 1. The highest BCUT2D eigenvalue weighted by Gasteiger charge is 2.28. The molecule has 0 fully saturated rings. The third-order valence-electron chi connectivity index (χ3n) is 3.49. The lowest BCUT2D eigenvalue weighted by Gasteiger charge is -2.11. The molecule has 1 amide bonds. The van der Waals surface area contributed by atoms with Crippen molar-refractivity contribution in [1.82, 2.24) is 0 Å². The van der Waals surface area contributed by atoms with Gasteiger partial charge in [0.1, 0.15) is 5.75 Å². The summed E-state index contributed by atoms with van der Waals surface area (Å²) in [6.45, 7) is 3.14. The second-order valence-electron chi connectivity index (χ2n) is 5.36. The molecule has 0 N–H and O–H groups in total. The van der Waals surface area contributed by atoms with Gasteiger partial charge in [0, 0.05) is 6.92 Å². The fourth-order valence-corrected chi connectivity index (χ4v) is 2.43. The van der Waals surface area contributed by atoms with E-state index in [0.29, 0.717) is 17.0 Å². The molecule has 0 aliphatic carbocycles. The van der Waals surface area contributed by atoms with E-state index in [1.807, 2.05) is 36.4 Å². The highest BCUT2D eigenvalue weighted by atomic mass is 16.5. The number of rotatable bonds is 3. The fraction of sp³-hybridized carbons (Fsp3) is 0.105. The fourth-order valence-electron chi connectivity index (χ4n) is 2.43. The number of hydrazone groups is 1. The Morgan fingerprint density at radius 1 is 1.12 bits per heavy atom. The summed E-state index contributed by atoms with van der Waals surface area (Å²) in [4.78, 5) is 23.7. The molecule has 5 heteroatoms. The Hall–Kier alpha value is -3.21. The summed E-state index contributed by atoms with van der Waals surface area (Å²) in [7, 11) is 0. The maximum atomic E-state index is 12.6. The van der Waals surface area contributed by atoms with Gasteiger partial charge in [-0.3, -0.25) is 9.59 Å². The molecule has 0 spiro atoms. The van der Waals surface area contributed by atoms with Gasteiger partial charge in [0.15, 0.2) is 0 Å². The zero-order valence-corrected chi connectivity index (χ0v) is 13.4. The van der Waals surface area contributed by atoms with Crippen LogP contribution in [0.1, 0.15) is 19.4 Å². The third kappa shape index (κ3) is 3.25. The largest absolute Gasteiger partial charge is 0.427 e. The first-order valence-electron chi connectivity index (χ1n) is 7.50. The van der Waals surface area contributed by atoms with Gasteiger partial charge in [-0.25, -0.2) is 0 Å². The van der Waals surface area contributed by atoms with Crippen LogP contribution in [0.15, 0.2) is 65.3 Å². The lowest BCUT2D eigenvalue weighted by Crippen LogP contribution is -2.21. The normalized spacial score (nSPS) is 15.6. The number of hydrogen-bond acceptors (Lipinski definition) is 4. The molecule has 120 valence electrons. The summed E-state index contributed by atoms with van der Waals surface area (Å²) < 4.78 is 5.07. The van der Waals surface area contributed by atoms with E-state index in [0.717, 1.165) is 11.3 Å². The van der Waals surface area contributed by atoms with E-state index < -0.39 is 0 Å². The topological polar surface area (TPSA) is 59.0 Å².